The zero-order valence-electron chi connectivity index (χ0n) is 17.7. The van der Waals surface area contributed by atoms with Gasteiger partial charge in [-0.15, -0.1) is 0 Å². The molecule has 9 heteroatoms. The van der Waals surface area contributed by atoms with Crippen molar-refractivity contribution in [3.8, 4) is 23.0 Å². The standard InChI is InChI=1S/C23H21N3O6/c1-29-19-12-17(13-20(30-2)21(19)31-3)23(28)32-18-6-4-5-15(11-18)14-25-26-22(27)16-7-9-24-10-8-16/h4-14H,1-3H3,(H,26,27). The summed E-state index contributed by atoms with van der Waals surface area (Å²) in [5.41, 5.74) is 3.71. The Balaban J connectivity index is 1.70. The molecule has 0 aliphatic heterocycles. The summed E-state index contributed by atoms with van der Waals surface area (Å²) in [5.74, 6) is 0.374. The second-order valence-electron chi connectivity index (χ2n) is 6.31. The molecule has 0 saturated heterocycles. The zero-order chi connectivity index (χ0) is 22.9. The Labute approximate surface area is 184 Å². The largest absolute Gasteiger partial charge is 0.493 e. The highest BCUT2D eigenvalue weighted by atomic mass is 16.5. The van der Waals surface area contributed by atoms with Gasteiger partial charge in [-0.05, 0) is 42.0 Å². The minimum Gasteiger partial charge on any atom is -0.493 e. The lowest BCUT2D eigenvalue weighted by molar-refractivity contribution is 0.0733. The summed E-state index contributed by atoms with van der Waals surface area (Å²) in [5, 5.41) is 3.93. The second kappa shape index (κ2) is 10.6. The maximum Gasteiger partial charge on any atom is 0.343 e. The van der Waals surface area contributed by atoms with Gasteiger partial charge < -0.3 is 18.9 Å². The van der Waals surface area contributed by atoms with Crippen molar-refractivity contribution in [2.45, 2.75) is 0 Å². The van der Waals surface area contributed by atoms with E-state index in [1.165, 1.54) is 52.1 Å². The Bertz CT molecular complexity index is 1110. The van der Waals surface area contributed by atoms with Crippen LogP contribution in [0.2, 0.25) is 0 Å². The first kappa shape index (κ1) is 22.3. The summed E-state index contributed by atoms with van der Waals surface area (Å²) in [6.07, 6.45) is 4.48. The monoisotopic (exact) mass is 435 g/mol. The smallest absolute Gasteiger partial charge is 0.343 e. The van der Waals surface area contributed by atoms with E-state index in [0.717, 1.165) is 0 Å². The third-order valence-electron chi connectivity index (χ3n) is 4.29. The first-order valence-corrected chi connectivity index (χ1v) is 9.41. The van der Waals surface area contributed by atoms with Gasteiger partial charge in [-0.3, -0.25) is 9.78 Å². The number of carbonyl (C=O) groups excluding carboxylic acids is 2. The molecule has 0 fully saturated rings. The van der Waals surface area contributed by atoms with Gasteiger partial charge >= 0.3 is 5.97 Å². The van der Waals surface area contributed by atoms with Gasteiger partial charge in [-0.2, -0.15) is 5.10 Å². The van der Waals surface area contributed by atoms with Crippen LogP contribution in [0.5, 0.6) is 23.0 Å². The number of nitrogens with one attached hydrogen (secondary N) is 1. The summed E-state index contributed by atoms with van der Waals surface area (Å²) < 4.78 is 21.3. The number of nitrogens with zero attached hydrogens (tertiary/aromatic N) is 2. The van der Waals surface area contributed by atoms with Gasteiger partial charge in [0.15, 0.2) is 11.5 Å². The maximum atomic E-state index is 12.7. The lowest BCUT2D eigenvalue weighted by Gasteiger charge is -2.13. The summed E-state index contributed by atoms with van der Waals surface area (Å²) >= 11 is 0. The van der Waals surface area contributed by atoms with E-state index in [2.05, 4.69) is 15.5 Å². The van der Waals surface area contributed by atoms with E-state index < -0.39 is 5.97 Å². The molecule has 1 amide bonds. The van der Waals surface area contributed by atoms with E-state index in [0.29, 0.717) is 34.1 Å². The first-order chi connectivity index (χ1) is 15.5. The molecule has 0 radical (unpaired) electrons. The molecule has 1 aromatic heterocycles. The van der Waals surface area contributed by atoms with Crippen LogP contribution in [0, 0.1) is 0 Å². The molecule has 0 aliphatic rings. The van der Waals surface area contributed by atoms with Crippen LogP contribution in [0.4, 0.5) is 0 Å². The van der Waals surface area contributed by atoms with E-state index in [9.17, 15) is 9.59 Å². The number of hydrazone groups is 1. The summed E-state index contributed by atoms with van der Waals surface area (Å²) in [6, 6.07) is 12.8. The number of esters is 1. The third kappa shape index (κ3) is 5.39. The lowest BCUT2D eigenvalue weighted by atomic mass is 10.1. The number of rotatable bonds is 8. The number of amides is 1. The molecule has 0 atom stereocenters. The molecular formula is C23H21N3O6. The summed E-state index contributed by atoms with van der Waals surface area (Å²) in [7, 11) is 4.40. The molecule has 9 nitrogen and oxygen atoms in total. The molecule has 32 heavy (non-hydrogen) atoms. The van der Waals surface area contributed by atoms with Gasteiger partial charge in [0.1, 0.15) is 5.75 Å². The fourth-order valence-electron chi connectivity index (χ4n) is 2.76. The molecule has 1 heterocycles. The molecule has 1 N–H and O–H groups in total. The first-order valence-electron chi connectivity index (χ1n) is 9.41. The van der Waals surface area contributed by atoms with E-state index in [4.69, 9.17) is 18.9 Å². The predicted octanol–water partition coefficient (Wildman–Crippen LogP) is 3.09. The van der Waals surface area contributed by atoms with Crippen molar-refractivity contribution in [3.05, 3.63) is 77.6 Å². The SMILES string of the molecule is COc1cc(C(=O)Oc2cccc(C=NNC(=O)c3ccncc3)c2)cc(OC)c1OC. The van der Waals surface area contributed by atoms with Crippen LogP contribution in [0.15, 0.2) is 66.0 Å². The van der Waals surface area contributed by atoms with Crippen LogP contribution < -0.4 is 24.4 Å². The van der Waals surface area contributed by atoms with Crippen molar-refractivity contribution in [1.82, 2.24) is 10.4 Å². The van der Waals surface area contributed by atoms with E-state index in [-0.39, 0.29) is 11.5 Å². The van der Waals surface area contributed by atoms with E-state index >= 15 is 0 Å². The number of benzene rings is 2. The minimum atomic E-state index is -0.607. The van der Waals surface area contributed by atoms with Gasteiger partial charge in [-0.25, -0.2) is 10.2 Å². The average Bonchev–Trinajstić information content (AvgIpc) is 2.83. The predicted molar refractivity (Wildman–Crippen MR) is 117 cm³/mol. The molecule has 0 spiro atoms. The van der Waals surface area contributed by atoms with Crippen molar-refractivity contribution in [3.63, 3.8) is 0 Å². The Morgan fingerprint density at radius 2 is 1.59 bits per heavy atom. The average molecular weight is 435 g/mol. The van der Waals surface area contributed by atoms with Crippen LogP contribution in [0.25, 0.3) is 0 Å². The molecular weight excluding hydrogens is 414 g/mol. The molecule has 3 aromatic rings. The van der Waals surface area contributed by atoms with Gasteiger partial charge in [0.25, 0.3) is 5.91 Å². The van der Waals surface area contributed by atoms with Crippen LogP contribution in [0.3, 0.4) is 0 Å². The molecule has 0 unspecified atom stereocenters. The van der Waals surface area contributed by atoms with Crippen LogP contribution >= 0.6 is 0 Å². The molecule has 0 saturated carbocycles. The quantitative estimate of drug-likeness (QED) is 0.251. The molecule has 2 aromatic carbocycles. The highest BCUT2D eigenvalue weighted by Gasteiger charge is 2.18. The van der Waals surface area contributed by atoms with Crippen molar-refractivity contribution in [2.75, 3.05) is 21.3 Å². The zero-order valence-corrected chi connectivity index (χ0v) is 17.7. The Kier molecular flexibility index (Phi) is 7.37. The van der Waals surface area contributed by atoms with E-state index in [1.807, 2.05) is 0 Å². The Morgan fingerprint density at radius 1 is 0.906 bits per heavy atom. The second-order valence-corrected chi connectivity index (χ2v) is 6.31. The number of aromatic nitrogens is 1. The maximum absolute atomic E-state index is 12.7. The Hall–Kier alpha value is -4.40. The summed E-state index contributed by atoms with van der Waals surface area (Å²) in [4.78, 5) is 28.5. The van der Waals surface area contributed by atoms with Crippen LogP contribution in [0.1, 0.15) is 26.3 Å². The fourth-order valence-corrected chi connectivity index (χ4v) is 2.76. The van der Waals surface area contributed by atoms with Gasteiger partial charge in [-0.1, -0.05) is 12.1 Å². The lowest BCUT2D eigenvalue weighted by Crippen LogP contribution is -2.17. The van der Waals surface area contributed by atoms with Crippen LogP contribution in [-0.4, -0.2) is 44.4 Å². The number of hydrogen-bond acceptors (Lipinski definition) is 8. The highest BCUT2D eigenvalue weighted by molar-refractivity contribution is 5.95. The number of carbonyl (C=O) groups is 2. The molecule has 164 valence electrons. The van der Waals surface area contributed by atoms with Gasteiger partial charge in [0.05, 0.1) is 33.1 Å². The number of ether oxygens (including phenoxy) is 4. The topological polar surface area (TPSA) is 108 Å². The fraction of sp³-hybridized carbons (Fsp3) is 0.130. The number of pyridine rings is 1. The number of methoxy groups -OCH3 is 3. The van der Waals surface area contributed by atoms with Crippen molar-refractivity contribution in [1.29, 1.82) is 0 Å². The van der Waals surface area contributed by atoms with Crippen molar-refractivity contribution < 1.29 is 28.5 Å². The van der Waals surface area contributed by atoms with Crippen LogP contribution in [-0.2, 0) is 0 Å². The van der Waals surface area contributed by atoms with Gasteiger partial charge in [0.2, 0.25) is 5.75 Å². The molecule has 3 rings (SSSR count). The van der Waals surface area contributed by atoms with Gasteiger partial charge in [0, 0.05) is 18.0 Å². The summed E-state index contributed by atoms with van der Waals surface area (Å²) in [6.45, 7) is 0. The van der Waals surface area contributed by atoms with Crippen molar-refractivity contribution in [2.24, 2.45) is 5.10 Å². The third-order valence-corrected chi connectivity index (χ3v) is 4.29. The normalized spacial score (nSPS) is 10.5. The Morgan fingerprint density at radius 3 is 2.22 bits per heavy atom. The molecule has 0 aliphatic carbocycles. The van der Waals surface area contributed by atoms with Crippen molar-refractivity contribution >= 4 is 18.1 Å². The molecule has 0 bridgehead atoms. The minimum absolute atomic E-state index is 0.225. The van der Waals surface area contributed by atoms with E-state index in [1.54, 1.807) is 36.4 Å². The highest BCUT2D eigenvalue weighted by Crippen LogP contribution is 2.38. The number of hydrogen-bond donors (Lipinski definition) is 1.